The molecule has 0 bridgehead atoms. The van der Waals surface area contributed by atoms with E-state index in [4.69, 9.17) is 5.11 Å². The molecule has 1 atom stereocenters. The second-order valence-corrected chi connectivity index (χ2v) is 3.11. The second kappa shape index (κ2) is 5.64. The summed E-state index contributed by atoms with van der Waals surface area (Å²) in [6.07, 6.45) is 0.913. The highest BCUT2D eigenvalue weighted by Gasteiger charge is 2.24. The van der Waals surface area contributed by atoms with Gasteiger partial charge in [0.1, 0.15) is 11.7 Å². The van der Waals surface area contributed by atoms with Crippen LogP contribution in [0.15, 0.2) is 12.3 Å². The Balaban J connectivity index is 2.64. The zero-order valence-electron chi connectivity index (χ0n) is 8.97. The Morgan fingerprint density at radius 2 is 2.29 bits per heavy atom. The molecule has 0 spiro atoms. The first-order chi connectivity index (χ1) is 8.04. The first-order valence-corrected chi connectivity index (χ1v) is 4.64. The molecule has 0 aliphatic rings. The number of aromatic amines is 1. The fraction of sp³-hybridized carbons (Fsp3) is 0.333. The number of rotatable bonds is 5. The van der Waals surface area contributed by atoms with E-state index in [1.807, 2.05) is 0 Å². The molecule has 1 heterocycles. The van der Waals surface area contributed by atoms with Crippen molar-refractivity contribution in [3.05, 3.63) is 18.0 Å². The molecular weight excluding hydrogens is 230 g/mol. The number of carbonyl (C=O) groups is 3. The highest BCUT2D eigenvalue weighted by molar-refractivity contribution is 5.95. The highest BCUT2D eigenvalue weighted by atomic mass is 16.5. The zero-order valence-corrected chi connectivity index (χ0v) is 8.97. The third-order valence-corrected chi connectivity index (χ3v) is 1.95. The van der Waals surface area contributed by atoms with Gasteiger partial charge in [0.25, 0.3) is 5.91 Å². The number of hydrogen-bond donors (Lipinski definition) is 3. The lowest BCUT2D eigenvalue weighted by atomic mass is 10.2. The number of aliphatic carboxylic acids is 1. The van der Waals surface area contributed by atoms with Gasteiger partial charge in [-0.1, -0.05) is 0 Å². The monoisotopic (exact) mass is 241 g/mol. The number of carboxylic acid groups (broad SMARTS) is 1. The van der Waals surface area contributed by atoms with Crippen molar-refractivity contribution in [2.45, 2.75) is 12.5 Å². The van der Waals surface area contributed by atoms with Crippen LogP contribution in [0.3, 0.4) is 0 Å². The van der Waals surface area contributed by atoms with Crippen molar-refractivity contribution < 1.29 is 24.2 Å². The minimum Gasteiger partial charge on any atom is -0.480 e. The maximum atomic E-state index is 11.5. The standard InChI is InChI=1S/C9H11N3O5/c1-17-7(13)4-6(9(15)16)11-8(14)5-2-3-10-12-5/h2-3,6H,4H2,1H3,(H,10,12)(H,11,14)(H,15,16)/t6-/m0/s1. The normalized spacial score (nSPS) is 11.6. The number of aromatic nitrogens is 2. The lowest BCUT2D eigenvalue weighted by Crippen LogP contribution is -2.42. The molecule has 0 saturated heterocycles. The number of H-pyrrole nitrogens is 1. The van der Waals surface area contributed by atoms with Crippen LogP contribution in [0.25, 0.3) is 0 Å². The summed E-state index contributed by atoms with van der Waals surface area (Å²) < 4.78 is 4.33. The van der Waals surface area contributed by atoms with Crippen LogP contribution in [-0.2, 0) is 14.3 Å². The number of methoxy groups -OCH3 is 1. The Morgan fingerprint density at radius 1 is 1.59 bits per heavy atom. The molecule has 3 N–H and O–H groups in total. The molecule has 0 aromatic carbocycles. The fourth-order valence-electron chi connectivity index (χ4n) is 1.07. The van der Waals surface area contributed by atoms with Crippen molar-refractivity contribution >= 4 is 17.8 Å². The lowest BCUT2D eigenvalue weighted by Gasteiger charge is -2.12. The fourth-order valence-corrected chi connectivity index (χ4v) is 1.07. The molecule has 0 aliphatic heterocycles. The summed E-state index contributed by atoms with van der Waals surface area (Å²) in [5, 5.41) is 16.9. The van der Waals surface area contributed by atoms with Crippen LogP contribution in [0.1, 0.15) is 16.9 Å². The van der Waals surface area contributed by atoms with Gasteiger partial charge in [0.2, 0.25) is 0 Å². The summed E-state index contributed by atoms with van der Waals surface area (Å²) in [4.78, 5) is 33.2. The topological polar surface area (TPSA) is 121 Å². The summed E-state index contributed by atoms with van der Waals surface area (Å²) in [5.74, 6) is -2.69. The molecule has 92 valence electrons. The quantitative estimate of drug-likeness (QED) is 0.577. The largest absolute Gasteiger partial charge is 0.480 e. The van der Waals surface area contributed by atoms with E-state index >= 15 is 0 Å². The van der Waals surface area contributed by atoms with Gasteiger partial charge in [0.05, 0.1) is 13.5 Å². The Morgan fingerprint density at radius 3 is 2.76 bits per heavy atom. The van der Waals surface area contributed by atoms with Gasteiger partial charge in [-0.05, 0) is 6.07 Å². The first-order valence-electron chi connectivity index (χ1n) is 4.64. The molecule has 1 aromatic heterocycles. The molecule has 0 unspecified atom stereocenters. The molecule has 17 heavy (non-hydrogen) atoms. The van der Waals surface area contributed by atoms with Crippen molar-refractivity contribution in [3.8, 4) is 0 Å². The number of ether oxygens (including phenoxy) is 1. The van der Waals surface area contributed by atoms with Crippen molar-refractivity contribution in [2.75, 3.05) is 7.11 Å². The third-order valence-electron chi connectivity index (χ3n) is 1.95. The van der Waals surface area contributed by atoms with Crippen LogP contribution in [0, 0.1) is 0 Å². The van der Waals surface area contributed by atoms with E-state index in [9.17, 15) is 14.4 Å². The smallest absolute Gasteiger partial charge is 0.326 e. The molecular formula is C9H11N3O5. The molecule has 0 fully saturated rings. The van der Waals surface area contributed by atoms with E-state index in [1.165, 1.54) is 12.3 Å². The Hall–Kier alpha value is -2.38. The van der Waals surface area contributed by atoms with Crippen LogP contribution in [-0.4, -0.2) is 46.3 Å². The maximum absolute atomic E-state index is 11.5. The molecule has 0 radical (unpaired) electrons. The van der Waals surface area contributed by atoms with Crippen LogP contribution < -0.4 is 5.32 Å². The van der Waals surface area contributed by atoms with Gasteiger partial charge in [-0.15, -0.1) is 0 Å². The molecule has 1 amide bonds. The summed E-state index contributed by atoms with van der Waals surface area (Å²) in [5.41, 5.74) is 0.112. The average molecular weight is 241 g/mol. The number of amides is 1. The predicted molar refractivity (Wildman–Crippen MR) is 54.1 cm³/mol. The Bertz CT molecular complexity index is 414. The van der Waals surface area contributed by atoms with Gasteiger partial charge in [0.15, 0.2) is 0 Å². The predicted octanol–water partition coefficient (Wildman–Crippen LogP) is -0.844. The number of esters is 1. The van der Waals surface area contributed by atoms with Crippen LogP contribution in [0.5, 0.6) is 0 Å². The van der Waals surface area contributed by atoms with E-state index in [2.05, 4.69) is 20.3 Å². The first kappa shape index (κ1) is 12.7. The number of hydrogen-bond acceptors (Lipinski definition) is 5. The van der Waals surface area contributed by atoms with Crippen LogP contribution >= 0.6 is 0 Å². The van der Waals surface area contributed by atoms with E-state index < -0.39 is 30.3 Å². The number of carbonyl (C=O) groups excluding carboxylic acids is 2. The SMILES string of the molecule is COC(=O)C[C@H](NC(=O)c1ccn[nH]1)C(=O)O. The Kier molecular flexibility index (Phi) is 4.21. The number of nitrogens with one attached hydrogen (secondary N) is 2. The van der Waals surface area contributed by atoms with E-state index in [-0.39, 0.29) is 5.69 Å². The molecule has 0 aliphatic carbocycles. The minimum absolute atomic E-state index is 0.112. The Labute approximate surface area is 96.0 Å². The number of carboxylic acids is 1. The van der Waals surface area contributed by atoms with Crippen molar-refractivity contribution in [3.63, 3.8) is 0 Å². The zero-order chi connectivity index (χ0) is 12.8. The van der Waals surface area contributed by atoms with E-state index in [0.717, 1.165) is 7.11 Å². The molecule has 8 heteroatoms. The van der Waals surface area contributed by atoms with Gasteiger partial charge in [-0.3, -0.25) is 14.7 Å². The molecule has 0 saturated carbocycles. The summed E-state index contributed by atoms with van der Waals surface area (Å²) in [7, 11) is 1.14. The van der Waals surface area contributed by atoms with Gasteiger partial charge >= 0.3 is 11.9 Å². The average Bonchev–Trinajstić information content (AvgIpc) is 2.81. The van der Waals surface area contributed by atoms with E-state index in [0.29, 0.717) is 0 Å². The molecule has 1 rings (SSSR count). The molecule has 1 aromatic rings. The van der Waals surface area contributed by atoms with Crippen LogP contribution in [0.4, 0.5) is 0 Å². The summed E-state index contributed by atoms with van der Waals surface area (Å²) in [6.45, 7) is 0. The second-order valence-electron chi connectivity index (χ2n) is 3.11. The third kappa shape index (κ3) is 3.59. The van der Waals surface area contributed by atoms with Gasteiger partial charge in [-0.25, -0.2) is 4.79 Å². The van der Waals surface area contributed by atoms with Crippen LogP contribution in [0.2, 0.25) is 0 Å². The number of nitrogens with zero attached hydrogens (tertiary/aromatic N) is 1. The van der Waals surface area contributed by atoms with Crippen molar-refractivity contribution in [2.24, 2.45) is 0 Å². The molecule has 8 nitrogen and oxygen atoms in total. The van der Waals surface area contributed by atoms with Gasteiger partial charge < -0.3 is 15.2 Å². The van der Waals surface area contributed by atoms with Crippen molar-refractivity contribution in [1.82, 2.24) is 15.5 Å². The van der Waals surface area contributed by atoms with Gasteiger partial charge in [0, 0.05) is 6.20 Å². The lowest BCUT2D eigenvalue weighted by molar-refractivity contribution is -0.147. The maximum Gasteiger partial charge on any atom is 0.326 e. The van der Waals surface area contributed by atoms with E-state index in [1.54, 1.807) is 0 Å². The summed E-state index contributed by atoms with van der Waals surface area (Å²) in [6, 6.07) is 0.0464. The highest BCUT2D eigenvalue weighted by Crippen LogP contribution is 1.98. The van der Waals surface area contributed by atoms with Crippen molar-refractivity contribution in [1.29, 1.82) is 0 Å². The van der Waals surface area contributed by atoms with Gasteiger partial charge in [-0.2, -0.15) is 5.10 Å². The minimum atomic E-state index is -1.33. The summed E-state index contributed by atoms with van der Waals surface area (Å²) >= 11 is 0.